The molecule has 4 heterocycles. The number of benzene rings is 3. The number of nitrogens with zero attached hydrogens (tertiary/aromatic N) is 2. The number of para-hydroxylation sites is 1. The molecule has 3 aromatic carbocycles. The SMILES string of the molecule is CCC(CC)C(=O)/C=C(\O)C(CC)CC.[Ir].[c-]1ccc2c3ccccc3n3c4cccc5oc6ccnc(c1c23)c6c54. The summed E-state index contributed by atoms with van der Waals surface area (Å²) in [7, 11) is 0. The molecule has 7 aromatic rings. The van der Waals surface area contributed by atoms with Gasteiger partial charge in [-0.2, -0.15) is 0 Å². The molecule has 0 atom stereocenters. The van der Waals surface area contributed by atoms with Crippen LogP contribution in [0.1, 0.15) is 53.4 Å². The van der Waals surface area contributed by atoms with E-state index >= 15 is 0 Å². The minimum atomic E-state index is 0. The molecule has 217 valence electrons. The molecule has 0 saturated heterocycles. The van der Waals surface area contributed by atoms with Crippen LogP contribution in [0.4, 0.5) is 0 Å². The number of aliphatic hydroxyl groups excluding tert-OH is 1. The number of ketones is 1. The van der Waals surface area contributed by atoms with Crippen LogP contribution < -0.4 is 0 Å². The molecule has 0 unspecified atom stereocenters. The molecular weight excluding hydrogens is 701 g/mol. The van der Waals surface area contributed by atoms with E-state index in [2.05, 4.69) is 52.9 Å². The van der Waals surface area contributed by atoms with Crippen molar-refractivity contribution in [1.82, 2.24) is 9.38 Å². The summed E-state index contributed by atoms with van der Waals surface area (Å²) < 4.78 is 8.48. The van der Waals surface area contributed by atoms with Crippen molar-refractivity contribution < 1.29 is 34.4 Å². The number of aromatic nitrogens is 2. The standard InChI is InChI=1S/C23H11N2O.C13H24O2.Ir/c1-2-8-16-13(5-1)14-6-3-7-15-22-21-19(11-12-24-22)26-18-10-4-9-17(20(18)21)25(16)23(14)15;1-5-10(6-2)12(14)9-13(15)11(7-3)8-4;/h1-6,8-12H;9-11,14H,5-8H2,1-4H3;/q-1;;/b;12-9-;. The number of rotatable bonds is 7. The first-order valence-electron chi connectivity index (χ1n) is 14.7. The van der Waals surface area contributed by atoms with Crippen LogP contribution in [0.2, 0.25) is 0 Å². The predicted octanol–water partition coefficient (Wildman–Crippen LogP) is 9.80. The number of fused-ring (bicyclic) bond motifs is 5. The molecule has 4 aromatic heterocycles. The van der Waals surface area contributed by atoms with Crippen molar-refractivity contribution in [2.75, 3.05) is 0 Å². The van der Waals surface area contributed by atoms with E-state index in [9.17, 15) is 9.90 Å². The zero-order chi connectivity index (χ0) is 28.7. The largest absolute Gasteiger partial charge is 0.512 e. The normalized spacial score (nSPS) is 12.3. The predicted molar refractivity (Wildman–Crippen MR) is 169 cm³/mol. The van der Waals surface area contributed by atoms with E-state index in [0.717, 1.165) is 69.6 Å². The Morgan fingerprint density at radius 3 is 2.31 bits per heavy atom. The van der Waals surface area contributed by atoms with Crippen molar-refractivity contribution in [1.29, 1.82) is 0 Å². The molecule has 0 aliphatic heterocycles. The summed E-state index contributed by atoms with van der Waals surface area (Å²) in [6, 6.07) is 24.4. The Morgan fingerprint density at radius 1 is 0.881 bits per heavy atom. The second-order valence-electron chi connectivity index (χ2n) is 10.8. The average Bonchev–Trinajstić information content (AvgIpc) is 3.50. The van der Waals surface area contributed by atoms with Crippen LogP contribution in [-0.4, -0.2) is 20.3 Å². The first-order valence-corrected chi connectivity index (χ1v) is 14.7. The maximum absolute atomic E-state index is 11.7. The van der Waals surface area contributed by atoms with Gasteiger partial charge in [0.15, 0.2) is 5.78 Å². The van der Waals surface area contributed by atoms with E-state index in [1.807, 2.05) is 52.1 Å². The first kappa shape index (κ1) is 29.8. The van der Waals surface area contributed by atoms with E-state index in [1.165, 1.54) is 22.4 Å². The fraction of sp³-hybridized carbons (Fsp3) is 0.278. The van der Waals surface area contributed by atoms with Gasteiger partial charge in [-0.25, -0.2) is 0 Å². The van der Waals surface area contributed by atoms with E-state index in [4.69, 9.17) is 9.40 Å². The maximum Gasteiger partial charge on any atom is 0.162 e. The quantitative estimate of drug-likeness (QED) is 0.101. The molecule has 1 radical (unpaired) electrons. The Hall–Kier alpha value is -3.73. The summed E-state index contributed by atoms with van der Waals surface area (Å²) >= 11 is 0. The van der Waals surface area contributed by atoms with Gasteiger partial charge in [0.25, 0.3) is 0 Å². The molecule has 0 bridgehead atoms. The van der Waals surface area contributed by atoms with Crippen LogP contribution in [0.5, 0.6) is 0 Å². The van der Waals surface area contributed by atoms with Crippen molar-refractivity contribution in [3.8, 4) is 0 Å². The monoisotopic (exact) mass is 736 g/mol. The third-order valence-corrected chi connectivity index (χ3v) is 8.57. The summed E-state index contributed by atoms with van der Waals surface area (Å²) in [5.41, 5.74) is 6.21. The van der Waals surface area contributed by atoms with Crippen LogP contribution in [0.15, 0.2) is 83.1 Å². The zero-order valence-electron chi connectivity index (χ0n) is 24.4. The summed E-state index contributed by atoms with van der Waals surface area (Å²) in [4.78, 5) is 16.5. The van der Waals surface area contributed by atoms with E-state index in [1.54, 1.807) is 0 Å². The Balaban J connectivity index is 0.000000193. The summed E-state index contributed by atoms with van der Waals surface area (Å²) in [6.45, 7) is 8.07. The van der Waals surface area contributed by atoms with Gasteiger partial charge in [-0.15, -0.1) is 23.6 Å². The number of furan rings is 1. The Kier molecular flexibility index (Phi) is 8.68. The fourth-order valence-corrected chi connectivity index (χ4v) is 6.29. The van der Waals surface area contributed by atoms with Gasteiger partial charge in [-0.3, -0.25) is 4.79 Å². The molecule has 0 amide bonds. The second-order valence-corrected chi connectivity index (χ2v) is 10.8. The fourth-order valence-electron chi connectivity index (χ4n) is 6.29. The van der Waals surface area contributed by atoms with Crippen molar-refractivity contribution in [2.24, 2.45) is 11.8 Å². The number of aliphatic hydroxyl groups is 1. The van der Waals surface area contributed by atoms with Crippen molar-refractivity contribution in [3.05, 3.63) is 84.8 Å². The minimum Gasteiger partial charge on any atom is -0.512 e. The molecular formula is C36H35IrN2O3-. The molecule has 6 heteroatoms. The molecule has 0 saturated carbocycles. The number of carbonyl (C=O) groups is 1. The van der Waals surface area contributed by atoms with Crippen LogP contribution >= 0.6 is 0 Å². The van der Waals surface area contributed by atoms with E-state index in [0.29, 0.717) is 0 Å². The molecule has 0 aliphatic carbocycles. The van der Waals surface area contributed by atoms with Gasteiger partial charge in [-0.05, 0) is 60.9 Å². The van der Waals surface area contributed by atoms with Gasteiger partial charge in [0.2, 0.25) is 0 Å². The zero-order valence-corrected chi connectivity index (χ0v) is 26.8. The van der Waals surface area contributed by atoms with E-state index < -0.39 is 0 Å². The van der Waals surface area contributed by atoms with Gasteiger partial charge in [0.1, 0.15) is 11.2 Å². The number of allylic oxidation sites excluding steroid dienone is 2. The maximum atomic E-state index is 11.7. The van der Waals surface area contributed by atoms with Crippen LogP contribution in [0, 0.1) is 17.9 Å². The van der Waals surface area contributed by atoms with Crippen LogP contribution in [-0.2, 0) is 24.9 Å². The van der Waals surface area contributed by atoms with E-state index in [-0.39, 0.29) is 43.5 Å². The second kappa shape index (κ2) is 12.2. The number of hydrogen-bond acceptors (Lipinski definition) is 4. The first-order chi connectivity index (χ1) is 20.0. The van der Waals surface area contributed by atoms with Crippen LogP contribution in [0.3, 0.4) is 0 Å². The van der Waals surface area contributed by atoms with Crippen molar-refractivity contribution in [2.45, 2.75) is 53.4 Å². The Bertz CT molecular complexity index is 2040. The van der Waals surface area contributed by atoms with Crippen LogP contribution in [0.25, 0.3) is 60.2 Å². The average molecular weight is 736 g/mol. The molecule has 1 N–H and O–H groups in total. The van der Waals surface area contributed by atoms with Crippen molar-refractivity contribution in [3.63, 3.8) is 0 Å². The molecule has 0 fully saturated rings. The smallest absolute Gasteiger partial charge is 0.162 e. The number of hydrogen-bond donors (Lipinski definition) is 1. The topological polar surface area (TPSA) is 67.7 Å². The molecule has 7 rings (SSSR count). The molecule has 0 spiro atoms. The minimum absolute atomic E-state index is 0. The van der Waals surface area contributed by atoms with Crippen molar-refractivity contribution >= 4 is 65.9 Å². The summed E-state index contributed by atoms with van der Waals surface area (Å²) in [5.74, 6) is 0.547. The summed E-state index contributed by atoms with van der Waals surface area (Å²) in [5, 5.41) is 15.5. The van der Waals surface area contributed by atoms with Gasteiger partial charge in [0.05, 0.1) is 5.76 Å². The molecule has 42 heavy (non-hydrogen) atoms. The molecule has 5 nitrogen and oxygen atoms in total. The van der Waals surface area contributed by atoms with Gasteiger partial charge >= 0.3 is 0 Å². The van der Waals surface area contributed by atoms with Gasteiger partial charge in [-0.1, -0.05) is 57.3 Å². The summed E-state index contributed by atoms with van der Waals surface area (Å²) in [6.07, 6.45) is 6.73. The Labute approximate surface area is 258 Å². The third kappa shape index (κ3) is 4.77. The Morgan fingerprint density at radius 2 is 1.57 bits per heavy atom. The number of pyridine rings is 1. The van der Waals surface area contributed by atoms with Gasteiger partial charge in [0, 0.05) is 71.5 Å². The van der Waals surface area contributed by atoms with Gasteiger partial charge < -0.3 is 18.9 Å². The molecule has 0 aliphatic rings. The number of carbonyl (C=O) groups excluding carboxylic acids is 1. The third-order valence-electron chi connectivity index (χ3n) is 8.57.